The summed E-state index contributed by atoms with van der Waals surface area (Å²) in [6, 6.07) is 8.75. The third kappa shape index (κ3) is 2.58. The highest BCUT2D eigenvalue weighted by Crippen LogP contribution is 2.42. The number of likely N-dealkylation sites (N-methyl/N-ethyl adjacent to an activating group) is 1. The van der Waals surface area contributed by atoms with Crippen LogP contribution in [0.4, 0.5) is 5.69 Å². The highest BCUT2D eigenvalue weighted by Gasteiger charge is 2.43. The topological polar surface area (TPSA) is 29.3 Å². The molecule has 2 atom stereocenters. The Balaban J connectivity index is 2.43. The van der Waals surface area contributed by atoms with Crippen molar-refractivity contribution < 1.29 is 0 Å². The summed E-state index contributed by atoms with van der Waals surface area (Å²) in [5.41, 5.74) is 9.23. The normalized spacial score (nSPS) is 26.5. The SMILES string of the molecule is CCC1CCCCC1(CN)N(CC)c1ccccc1C. The van der Waals surface area contributed by atoms with Crippen molar-refractivity contribution in [3.8, 4) is 0 Å². The summed E-state index contributed by atoms with van der Waals surface area (Å²) in [5.74, 6) is 0.723. The van der Waals surface area contributed by atoms with E-state index < -0.39 is 0 Å². The van der Waals surface area contributed by atoms with Crippen LogP contribution in [-0.4, -0.2) is 18.6 Å². The molecular weight excluding hydrogens is 244 g/mol. The van der Waals surface area contributed by atoms with Gasteiger partial charge in [0, 0.05) is 18.8 Å². The van der Waals surface area contributed by atoms with Gasteiger partial charge in [-0.1, -0.05) is 44.4 Å². The molecule has 2 heteroatoms. The van der Waals surface area contributed by atoms with Gasteiger partial charge in [0.05, 0.1) is 5.54 Å². The van der Waals surface area contributed by atoms with Crippen molar-refractivity contribution in [1.29, 1.82) is 0 Å². The molecule has 0 radical (unpaired) electrons. The van der Waals surface area contributed by atoms with Crippen LogP contribution in [0.1, 0.15) is 51.5 Å². The van der Waals surface area contributed by atoms with Crippen molar-refractivity contribution in [2.24, 2.45) is 11.7 Å². The zero-order valence-electron chi connectivity index (χ0n) is 13.4. The third-order valence-corrected chi connectivity index (χ3v) is 5.28. The molecule has 0 aliphatic heterocycles. The molecule has 0 saturated heterocycles. The zero-order chi connectivity index (χ0) is 14.6. The lowest BCUT2D eigenvalue weighted by atomic mass is 9.70. The van der Waals surface area contributed by atoms with E-state index in [-0.39, 0.29) is 5.54 Å². The minimum absolute atomic E-state index is 0.161. The van der Waals surface area contributed by atoms with E-state index in [4.69, 9.17) is 5.73 Å². The van der Waals surface area contributed by atoms with Gasteiger partial charge < -0.3 is 10.6 Å². The molecule has 1 saturated carbocycles. The van der Waals surface area contributed by atoms with Crippen LogP contribution >= 0.6 is 0 Å². The molecule has 1 aliphatic rings. The van der Waals surface area contributed by atoms with Crippen molar-refractivity contribution in [2.45, 2.75) is 58.4 Å². The lowest BCUT2D eigenvalue weighted by molar-refractivity contribution is 0.177. The lowest BCUT2D eigenvalue weighted by Gasteiger charge is -2.52. The molecule has 112 valence electrons. The Kier molecular flexibility index (Phi) is 5.09. The molecule has 1 fully saturated rings. The molecule has 0 aromatic heterocycles. The molecule has 0 amide bonds. The Bertz CT molecular complexity index is 429. The number of anilines is 1. The van der Waals surface area contributed by atoms with Crippen LogP contribution in [0.3, 0.4) is 0 Å². The predicted octanol–water partition coefficient (Wildman–Crippen LogP) is 4.12. The van der Waals surface area contributed by atoms with E-state index in [2.05, 4.69) is 49.9 Å². The van der Waals surface area contributed by atoms with E-state index in [1.54, 1.807) is 0 Å². The molecule has 0 bridgehead atoms. The van der Waals surface area contributed by atoms with Crippen LogP contribution in [0, 0.1) is 12.8 Å². The Labute approximate surface area is 124 Å². The highest BCUT2D eigenvalue weighted by molar-refractivity contribution is 5.55. The van der Waals surface area contributed by atoms with Gasteiger partial charge in [-0.25, -0.2) is 0 Å². The average Bonchev–Trinajstić information content (AvgIpc) is 2.50. The summed E-state index contributed by atoms with van der Waals surface area (Å²) in [6.07, 6.45) is 6.49. The van der Waals surface area contributed by atoms with Crippen LogP contribution in [-0.2, 0) is 0 Å². The summed E-state index contributed by atoms with van der Waals surface area (Å²) < 4.78 is 0. The van der Waals surface area contributed by atoms with Crippen molar-refractivity contribution in [3.63, 3.8) is 0 Å². The molecule has 2 rings (SSSR count). The predicted molar refractivity (Wildman–Crippen MR) is 88.2 cm³/mol. The van der Waals surface area contributed by atoms with Crippen molar-refractivity contribution >= 4 is 5.69 Å². The number of rotatable bonds is 5. The largest absolute Gasteiger partial charge is 0.364 e. The molecule has 2 N–H and O–H groups in total. The zero-order valence-corrected chi connectivity index (χ0v) is 13.4. The quantitative estimate of drug-likeness (QED) is 0.875. The Hall–Kier alpha value is -1.02. The molecule has 1 aromatic rings. The van der Waals surface area contributed by atoms with Gasteiger partial charge >= 0.3 is 0 Å². The van der Waals surface area contributed by atoms with Gasteiger partial charge in [-0.15, -0.1) is 0 Å². The number of aryl methyl sites for hydroxylation is 1. The summed E-state index contributed by atoms with van der Waals surface area (Å²) >= 11 is 0. The van der Waals surface area contributed by atoms with Gasteiger partial charge in [0.1, 0.15) is 0 Å². The number of benzene rings is 1. The fourth-order valence-corrected chi connectivity index (χ4v) is 4.20. The number of nitrogens with zero attached hydrogens (tertiary/aromatic N) is 1. The van der Waals surface area contributed by atoms with Crippen molar-refractivity contribution in [3.05, 3.63) is 29.8 Å². The van der Waals surface area contributed by atoms with Crippen LogP contribution < -0.4 is 10.6 Å². The first-order chi connectivity index (χ1) is 9.69. The number of para-hydroxylation sites is 1. The first kappa shape index (κ1) is 15.4. The molecule has 20 heavy (non-hydrogen) atoms. The maximum absolute atomic E-state index is 6.33. The lowest BCUT2D eigenvalue weighted by Crippen LogP contribution is -2.60. The second-order valence-electron chi connectivity index (χ2n) is 6.19. The monoisotopic (exact) mass is 274 g/mol. The van der Waals surface area contributed by atoms with Gasteiger partial charge in [0.2, 0.25) is 0 Å². The molecule has 0 spiro atoms. The fourth-order valence-electron chi connectivity index (χ4n) is 4.20. The Morgan fingerprint density at radius 3 is 2.60 bits per heavy atom. The van der Waals surface area contributed by atoms with E-state index in [0.29, 0.717) is 0 Å². The Morgan fingerprint density at radius 2 is 2.00 bits per heavy atom. The van der Waals surface area contributed by atoms with Crippen LogP contribution in [0.2, 0.25) is 0 Å². The van der Waals surface area contributed by atoms with Crippen LogP contribution in [0.5, 0.6) is 0 Å². The Morgan fingerprint density at radius 1 is 1.25 bits per heavy atom. The average molecular weight is 274 g/mol. The van der Waals surface area contributed by atoms with E-state index in [1.165, 1.54) is 43.4 Å². The summed E-state index contributed by atoms with van der Waals surface area (Å²) in [6.45, 7) is 8.62. The minimum Gasteiger partial charge on any atom is -0.364 e. The van der Waals surface area contributed by atoms with Gasteiger partial charge in [-0.2, -0.15) is 0 Å². The van der Waals surface area contributed by atoms with Crippen molar-refractivity contribution in [1.82, 2.24) is 0 Å². The van der Waals surface area contributed by atoms with E-state index in [1.807, 2.05) is 0 Å². The van der Waals surface area contributed by atoms with Gasteiger partial charge in [-0.3, -0.25) is 0 Å². The smallest absolute Gasteiger partial charge is 0.0552 e. The first-order valence-electron chi connectivity index (χ1n) is 8.23. The minimum atomic E-state index is 0.161. The van der Waals surface area contributed by atoms with E-state index >= 15 is 0 Å². The number of nitrogens with two attached hydrogens (primary N) is 1. The highest BCUT2D eigenvalue weighted by atomic mass is 15.2. The van der Waals surface area contributed by atoms with E-state index in [9.17, 15) is 0 Å². The molecular formula is C18H30N2. The van der Waals surface area contributed by atoms with Crippen LogP contribution in [0.15, 0.2) is 24.3 Å². The maximum Gasteiger partial charge on any atom is 0.0552 e. The molecule has 1 aliphatic carbocycles. The van der Waals surface area contributed by atoms with Gasteiger partial charge in [0.25, 0.3) is 0 Å². The first-order valence-corrected chi connectivity index (χ1v) is 8.23. The third-order valence-electron chi connectivity index (χ3n) is 5.28. The molecule has 1 aromatic carbocycles. The van der Waals surface area contributed by atoms with Crippen LogP contribution in [0.25, 0.3) is 0 Å². The standard InChI is InChI=1S/C18H30N2/c1-4-16-11-8-9-13-18(16,14-19)20(5-2)17-12-7-6-10-15(17)3/h6-7,10,12,16H,4-5,8-9,11,13-14,19H2,1-3H3. The van der Waals surface area contributed by atoms with E-state index in [0.717, 1.165) is 19.0 Å². The number of hydrogen-bond donors (Lipinski definition) is 1. The summed E-state index contributed by atoms with van der Waals surface area (Å²) in [5, 5.41) is 0. The maximum atomic E-state index is 6.33. The molecule has 2 unspecified atom stereocenters. The second kappa shape index (κ2) is 6.62. The van der Waals surface area contributed by atoms with Gasteiger partial charge in [-0.05, 0) is 44.2 Å². The molecule has 2 nitrogen and oxygen atoms in total. The second-order valence-corrected chi connectivity index (χ2v) is 6.19. The number of hydrogen-bond acceptors (Lipinski definition) is 2. The fraction of sp³-hybridized carbons (Fsp3) is 0.667. The summed E-state index contributed by atoms with van der Waals surface area (Å²) in [7, 11) is 0. The summed E-state index contributed by atoms with van der Waals surface area (Å²) in [4.78, 5) is 2.61. The van der Waals surface area contributed by atoms with Gasteiger partial charge in [0.15, 0.2) is 0 Å². The van der Waals surface area contributed by atoms with Crippen molar-refractivity contribution in [2.75, 3.05) is 18.0 Å². The molecule has 0 heterocycles.